The Morgan fingerprint density at radius 3 is 2.77 bits per heavy atom. The number of fused-ring (bicyclic) bond motifs is 1. The number of hydrogen-bond donors (Lipinski definition) is 2. The van der Waals surface area contributed by atoms with E-state index in [1.807, 2.05) is 20.2 Å². The van der Waals surface area contributed by atoms with Crippen molar-refractivity contribution < 1.29 is 0 Å². The van der Waals surface area contributed by atoms with Gasteiger partial charge in [0.2, 0.25) is 5.95 Å². The number of nitrogen functional groups attached to an aromatic ring is 1. The van der Waals surface area contributed by atoms with Gasteiger partial charge in [-0.1, -0.05) is 18.2 Å². The molecular formula is C20H20N6. The predicted molar refractivity (Wildman–Crippen MR) is 106 cm³/mol. The molecule has 3 N–H and O–H groups in total. The molecule has 0 unspecified atom stereocenters. The average Bonchev–Trinajstić information content (AvgIpc) is 3.05. The molecule has 1 aromatic heterocycles. The van der Waals surface area contributed by atoms with Gasteiger partial charge in [-0.15, -0.1) is 0 Å². The first-order chi connectivity index (χ1) is 12.6. The fraction of sp³-hybridized carbons (Fsp3) is 0.150. The monoisotopic (exact) mass is 344 g/mol. The second-order valence-corrected chi connectivity index (χ2v) is 6.41. The van der Waals surface area contributed by atoms with Crippen molar-refractivity contribution in [3.63, 3.8) is 0 Å². The summed E-state index contributed by atoms with van der Waals surface area (Å²) in [5.41, 5.74) is 12.3. The van der Waals surface area contributed by atoms with Gasteiger partial charge < -0.3 is 16.0 Å². The molecule has 130 valence electrons. The van der Waals surface area contributed by atoms with Crippen LogP contribution in [-0.2, 0) is 6.54 Å². The maximum atomic E-state index is 5.65. The molecule has 2 aromatic carbocycles. The van der Waals surface area contributed by atoms with Gasteiger partial charge in [0.1, 0.15) is 5.82 Å². The lowest BCUT2D eigenvalue weighted by atomic mass is 9.99. The Kier molecular flexibility index (Phi) is 4.01. The molecule has 0 saturated carbocycles. The van der Waals surface area contributed by atoms with Crippen LogP contribution < -0.4 is 16.0 Å². The molecule has 6 nitrogen and oxygen atoms in total. The van der Waals surface area contributed by atoms with Gasteiger partial charge in [-0.2, -0.15) is 4.98 Å². The van der Waals surface area contributed by atoms with Crippen LogP contribution in [0.15, 0.2) is 59.7 Å². The van der Waals surface area contributed by atoms with Crippen molar-refractivity contribution in [2.75, 3.05) is 30.0 Å². The first kappa shape index (κ1) is 16.1. The third kappa shape index (κ3) is 3.09. The highest BCUT2D eigenvalue weighted by Crippen LogP contribution is 2.28. The maximum absolute atomic E-state index is 5.65. The molecule has 0 amide bonds. The van der Waals surface area contributed by atoms with E-state index >= 15 is 0 Å². The molecule has 0 radical (unpaired) electrons. The number of nitrogens with zero attached hydrogens (tertiary/aromatic N) is 4. The van der Waals surface area contributed by atoms with Crippen molar-refractivity contribution in [1.29, 1.82) is 0 Å². The van der Waals surface area contributed by atoms with Crippen LogP contribution in [0.25, 0.3) is 0 Å². The molecule has 0 fully saturated rings. The van der Waals surface area contributed by atoms with Crippen molar-refractivity contribution in [3.05, 3.63) is 71.4 Å². The lowest BCUT2D eigenvalue weighted by Gasteiger charge is -2.14. The summed E-state index contributed by atoms with van der Waals surface area (Å²) in [4.78, 5) is 15.0. The normalized spacial score (nSPS) is 12.5. The van der Waals surface area contributed by atoms with E-state index in [4.69, 9.17) is 10.7 Å². The molecule has 0 saturated heterocycles. The van der Waals surface area contributed by atoms with E-state index in [9.17, 15) is 0 Å². The van der Waals surface area contributed by atoms with Crippen LogP contribution in [0.1, 0.15) is 16.7 Å². The third-order valence-corrected chi connectivity index (χ3v) is 4.36. The van der Waals surface area contributed by atoms with E-state index in [-0.39, 0.29) is 5.95 Å². The Bertz CT molecular complexity index is 993. The van der Waals surface area contributed by atoms with Crippen LogP contribution in [0.4, 0.5) is 23.1 Å². The summed E-state index contributed by atoms with van der Waals surface area (Å²) in [7, 11) is 4.08. The zero-order valence-electron chi connectivity index (χ0n) is 14.8. The fourth-order valence-corrected chi connectivity index (χ4v) is 3.03. The quantitative estimate of drug-likeness (QED) is 0.760. The minimum atomic E-state index is 0.249. The van der Waals surface area contributed by atoms with E-state index in [2.05, 4.69) is 56.6 Å². The molecule has 0 spiro atoms. The fourth-order valence-electron chi connectivity index (χ4n) is 3.03. The van der Waals surface area contributed by atoms with Crippen LogP contribution in [-0.4, -0.2) is 29.8 Å². The van der Waals surface area contributed by atoms with Crippen molar-refractivity contribution in [2.24, 2.45) is 4.99 Å². The summed E-state index contributed by atoms with van der Waals surface area (Å²) in [6.45, 7) is 0.706. The predicted octanol–water partition coefficient (Wildman–Crippen LogP) is 3.22. The van der Waals surface area contributed by atoms with Gasteiger partial charge >= 0.3 is 0 Å². The summed E-state index contributed by atoms with van der Waals surface area (Å²) in [6.07, 6.45) is 1.64. The second-order valence-electron chi connectivity index (χ2n) is 6.41. The molecular weight excluding hydrogens is 324 g/mol. The lowest BCUT2D eigenvalue weighted by Crippen LogP contribution is -2.10. The molecule has 1 aliphatic rings. The maximum Gasteiger partial charge on any atom is 0.221 e. The smallest absolute Gasteiger partial charge is 0.221 e. The highest BCUT2D eigenvalue weighted by atomic mass is 15.1. The molecule has 4 rings (SSSR count). The average molecular weight is 344 g/mol. The Balaban J connectivity index is 1.66. The first-order valence-corrected chi connectivity index (χ1v) is 8.41. The van der Waals surface area contributed by atoms with E-state index in [1.165, 1.54) is 5.56 Å². The molecule has 3 aromatic rings. The molecule has 26 heavy (non-hydrogen) atoms. The molecule has 0 bridgehead atoms. The van der Waals surface area contributed by atoms with Crippen LogP contribution >= 0.6 is 0 Å². The SMILES string of the molecule is CN(C)c1cccc(C2=NCc3ccc(Nc4ccnc(N)n4)cc32)c1. The van der Waals surface area contributed by atoms with Crippen molar-refractivity contribution in [3.8, 4) is 0 Å². The zero-order chi connectivity index (χ0) is 18.1. The number of aromatic nitrogens is 2. The Morgan fingerprint density at radius 1 is 1.08 bits per heavy atom. The number of hydrogen-bond acceptors (Lipinski definition) is 6. The topological polar surface area (TPSA) is 79.4 Å². The number of benzene rings is 2. The number of rotatable bonds is 4. The second kappa shape index (κ2) is 6.48. The van der Waals surface area contributed by atoms with Crippen molar-refractivity contribution >= 4 is 28.9 Å². The molecule has 1 aliphatic heterocycles. The van der Waals surface area contributed by atoms with Gasteiger partial charge in [0, 0.05) is 42.8 Å². The molecule has 0 aliphatic carbocycles. The van der Waals surface area contributed by atoms with E-state index in [0.717, 1.165) is 28.2 Å². The Labute approximate surface area is 152 Å². The standard InChI is InChI=1S/C20H20N6/c1-26(2)16-5-3-4-13(10-16)19-17-11-15(7-6-14(17)12-23-19)24-18-8-9-22-20(21)25-18/h3-11H,12H2,1-2H3,(H3,21,22,24,25). The lowest BCUT2D eigenvalue weighted by molar-refractivity contribution is 1.11. The minimum absolute atomic E-state index is 0.249. The summed E-state index contributed by atoms with van der Waals surface area (Å²) in [6, 6.07) is 16.5. The van der Waals surface area contributed by atoms with E-state index in [0.29, 0.717) is 12.4 Å². The molecule has 2 heterocycles. The summed E-state index contributed by atoms with van der Waals surface area (Å²) >= 11 is 0. The number of anilines is 4. The van der Waals surface area contributed by atoms with Crippen LogP contribution in [0, 0.1) is 0 Å². The summed E-state index contributed by atoms with van der Waals surface area (Å²) in [5, 5.41) is 3.28. The minimum Gasteiger partial charge on any atom is -0.378 e. The number of nitrogens with one attached hydrogen (secondary N) is 1. The van der Waals surface area contributed by atoms with E-state index in [1.54, 1.807) is 12.3 Å². The van der Waals surface area contributed by atoms with Crippen LogP contribution in [0.3, 0.4) is 0 Å². The highest BCUT2D eigenvalue weighted by molar-refractivity contribution is 6.16. The number of nitrogens with two attached hydrogens (primary N) is 1. The molecule has 6 heteroatoms. The van der Waals surface area contributed by atoms with Gasteiger partial charge in [-0.25, -0.2) is 4.98 Å². The zero-order valence-corrected chi connectivity index (χ0v) is 14.8. The Morgan fingerprint density at radius 2 is 1.96 bits per heavy atom. The Hall–Kier alpha value is -3.41. The first-order valence-electron chi connectivity index (χ1n) is 8.41. The van der Waals surface area contributed by atoms with Gasteiger partial charge in [0.25, 0.3) is 0 Å². The van der Waals surface area contributed by atoms with Gasteiger partial charge in [0.15, 0.2) is 0 Å². The van der Waals surface area contributed by atoms with Crippen LogP contribution in [0.2, 0.25) is 0 Å². The summed E-state index contributed by atoms with van der Waals surface area (Å²) < 4.78 is 0. The van der Waals surface area contributed by atoms with E-state index < -0.39 is 0 Å². The van der Waals surface area contributed by atoms with Gasteiger partial charge in [-0.3, -0.25) is 4.99 Å². The van der Waals surface area contributed by atoms with Gasteiger partial charge in [-0.05, 0) is 35.9 Å². The van der Waals surface area contributed by atoms with Crippen molar-refractivity contribution in [2.45, 2.75) is 6.54 Å². The largest absolute Gasteiger partial charge is 0.378 e. The third-order valence-electron chi connectivity index (χ3n) is 4.36. The molecule has 0 atom stereocenters. The van der Waals surface area contributed by atoms with Crippen molar-refractivity contribution in [1.82, 2.24) is 9.97 Å². The summed E-state index contributed by atoms with van der Waals surface area (Å²) in [5.74, 6) is 0.919. The number of aliphatic imine (C=N–C) groups is 1. The van der Waals surface area contributed by atoms with Gasteiger partial charge in [0.05, 0.1) is 12.3 Å². The van der Waals surface area contributed by atoms with Crippen LogP contribution in [0.5, 0.6) is 0 Å². The highest BCUT2D eigenvalue weighted by Gasteiger charge is 2.18.